The van der Waals surface area contributed by atoms with E-state index in [-0.39, 0.29) is 6.61 Å². The van der Waals surface area contributed by atoms with Gasteiger partial charge in [-0.05, 0) is 59.3 Å². The zero-order valence-electron chi connectivity index (χ0n) is 16.1. The van der Waals surface area contributed by atoms with Crippen LogP contribution in [0, 0.1) is 0 Å². The first-order valence-corrected chi connectivity index (χ1v) is 11.0. The highest BCUT2D eigenvalue weighted by molar-refractivity contribution is 9.10. The lowest BCUT2D eigenvalue weighted by molar-refractivity contribution is -0.131. The van der Waals surface area contributed by atoms with Gasteiger partial charge in [-0.15, -0.1) is 11.8 Å². The maximum Gasteiger partial charge on any atom is 0.340 e. The Morgan fingerprint density at radius 1 is 1.21 bits per heavy atom. The Labute approximate surface area is 186 Å². The maximum atomic E-state index is 12.8. The van der Waals surface area contributed by atoms with Crippen LogP contribution in [0.15, 0.2) is 45.8 Å². The molecule has 0 radical (unpaired) electrons. The second-order valence-electron chi connectivity index (χ2n) is 6.24. The van der Waals surface area contributed by atoms with E-state index in [2.05, 4.69) is 15.9 Å². The van der Waals surface area contributed by atoms with Crippen LogP contribution >= 0.6 is 39.3 Å². The van der Waals surface area contributed by atoms with E-state index in [0.717, 1.165) is 16.1 Å². The Balaban J connectivity index is 2.09. The predicted molar refractivity (Wildman–Crippen MR) is 119 cm³/mol. The number of carbonyl (C=O) groups excluding carboxylic acids is 2. The number of nitrogens with zero attached hydrogens (tertiary/aromatic N) is 1. The van der Waals surface area contributed by atoms with Crippen LogP contribution in [0.2, 0.25) is 5.02 Å². The summed E-state index contributed by atoms with van der Waals surface area (Å²) in [6, 6.07) is 11.1. The summed E-state index contributed by atoms with van der Waals surface area (Å²) in [6.07, 6.45) is 0. The maximum absolute atomic E-state index is 12.8. The van der Waals surface area contributed by atoms with E-state index in [0.29, 0.717) is 31.9 Å². The first-order valence-electron chi connectivity index (χ1n) is 8.86. The second-order valence-corrected chi connectivity index (χ2v) is 8.58. The molecule has 0 saturated heterocycles. The lowest BCUT2D eigenvalue weighted by Crippen LogP contribution is -2.08. The van der Waals surface area contributed by atoms with Crippen molar-refractivity contribution in [2.75, 3.05) is 6.61 Å². The van der Waals surface area contributed by atoms with Crippen LogP contribution in [0.1, 0.15) is 29.9 Å². The summed E-state index contributed by atoms with van der Waals surface area (Å²) < 4.78 is 13.2. The molecule has 5 nitrogen and oxygen atoms in total. The number of esters is 2. The number of halogens is 2. The zero-order chi connectivity index (χ0) is 21.1. The SMILES string of the molecule is CCOC(=O)c1c(CSc2ccc(Cl)cc2)n(C)c2cc(Br)c(OC(C)=O)cc12. The van der Waals surface area contributed by atoms with Crippen LogP contribution in [0.25, 0.3) is 10.9 Å². The van der Waals surface area contributed by atoms with Crippen molar-refractivity contribution in [1.82, 2.24) is 4.57 Å². The highest BCUT2D eigenvalue weighted by Crippen LogP contribution is 2.37. The van der Waals surface area contributed by atoms with E-state index >= 15 is 0 Å². The van der Waals surface area contributed by atoms with Crippen molar-refractivity contribution >= 4 is 62.1 Å². The van der Waals surface area contributed by atoms with Gasteiger partial charge < -0.3 is 14.0 Å². The van der Waals surface area contributed by atoms with Crippen LogP contribution < -0.4 is 4.74 Å². The fourth-order valence-electron chi connectivity index (χ4n) is 3.00. The molecule has 0 N–H and O–H groups in total. The highest BCUT2D eigenvalue weighted by atomic mass is 79.9. The van der Waals surface area contributed by atoms with Gasteiger partial charge in [0.1, 0.15) is 5.75 Å². The molecule has 1 aromatic heterocycles. The van der Waals surface area contributed by atoms with Crippen molar-refractivity contribution in [2.45, 2.75) is 24.5 Å². The molecule has 0 aliphatic carbocycles. The lowest BCUT2D eigenvalue weighted by Gasteiger charge is -2.08. The minimum atomic E-state index is -0.433. The fourth-order valence-corrected chi connectivity index (χ4v) is 4.51. The molecule has 8 heteroatoms. The minimum Gasteiger partial charge on any atom is -0.462 e. The summed E-state index contributed by atoms with van der Waals surface area (Å²) in [4.78, 5) is 25.2. The number of thioether (sulfide) groups is 1. The molecule has 1 heterocycles. The van der Waals surface area contributed by atoms with Crippen LogP contribution in [0.4, 0.5) is 0 Å². The van der Waals surface area contributed by atoms with Gasteiger partial charge in [-0.2, -0.15) is 0 Å². The Bertz CT molecular complexity index is 1080. The molecule has 0 unspecified atom stereocenters. The van der Waals surface area contributed by atoms with Crippen molar-refractivity contribution < 1.29 is 19.1 Å². The van der Waals surface area contributed by atoms with Crippen molar-refractivity contribution in [3.63, 3.8) is 0 Å². The number of fused-ring (bicyclic) bond motifs is 1. The number of rotatable bonds is 6. The third-order valence-electron chi connectivity index (χ3n) is 4.30. The van der Waals surface area contributed by atoms with E-state index < -0.39 is 11.9 Å². The van der Waals surface area contributed by atoms with Gasteiger partial charge in [0.05, 0.1) is 22.2 Å². The average Bonchev–Trinajstić information content (AvgIpc) is 2.93. The van der Waals surface area contributed by atoms with E-state index in [1.54, 1.807) is 24.8 Å². The monoisotopic (exact) mass is 495 g/mol. The number of ether oxygens (including phenoxy) is 2. The highest BCUT2D eigenvalue weighted by Gasteiger charge is 2.24. The van der Waals surface area contributed by atoms with Crippen LogP contribution in [0.5, 0.6) is 5.75 Å². The number of benzene rings is 2. The van der Waals surface area contributed by atoms with Crippen molar-refractivity contribution in [2.24, 2.45) is 7.05 Å². The lowest BCUT2D eigenvalue weighted by atomic mass is 10.1. The fraction of sp³-hybridized carbons (Fsp3) is 0.238. The zero-order valence-corrected chi connectivity index (χ0v) is 19.3. The molecular formula is C21H19BrClNO4S. The van der Waals surface area contributed by atoms with Gasteiger partial charge in [-0.3, -0.25) is 4.79 Å². The molecule has 2 aromatic carbocycles. The molecule has 0 aliphatic heterocycles. The molecule has 152 valence electrons. The second kappa shape index (κ2) is 9.24. The number of aryl methyl sites for hydroxylation is 1. The molecule has 0 spiro atoms. The summed E-state index contributed by atoms with van der Waals surface area (Å²) in [5, 5.41) is 1.35. The van der Waals surface area contributed by atoms with Gasteiger partial charge in [-0.25, -0.2) is 4.79 Å². The summed E-state index contributed by atoms with van der Waals surface area (Å²) >= 11 is 11.0. The van der Waals surface area contributed by atoms with Crippen LogP contribution in [0.3, 0.4) is 0 Å². The molecule has 29 heavy (non-hydrogen) atoms. The largest absolute Gasteiger partial charge is 0.462 e. The van der Waals surface area contributed by atoms with Gasteiger partial charge in [0.15, 0.2) is 0 Å². The summed E-state index contributed by atoms with van der Waals surface area (Å²) in [7, 11) is 1.90. The van der Waals surface area contributed by atoms with Gasteiger partial charge in [0, 0.05) is 40.7 Å². The summed E-state index contributed by atoms with van der Waals surface area (Å²) in [5.41, 5.74) is 2.14. The first-order chi connectivity index (χ1) is 13.8. The molecule has 3 aromatic rings. The van der Waals surface area contributed by atoms with Crippen molar-refractivity contribution in [1.29, 1.82) is 0 Å². The molecule has 0 saturated carbocycles. The Hall–Kier alpha value is -1.96. The molecule has 0 amide bonds. The number of hydrogen-bond acceptors (Lipinski definition) is 5. The number of aromatic nitrogens is 1. The van der Waals surface area contributed by atoms with Crippen LogP contribution in [-0.2, 0) is 22.3 Å². The first kappa shape index (κ1) is 21.7. The number of hydrogen-bond donors (Lipinski definition) is 0. The topological polar surface area (TPSA) is 57.5 Å². The predicted octanol–water partition coefficient (Wildman–Crippen LogP) is 5.99. The molecule has 0 atom stereocenters. The standard InChI is InChI=1S/C21H19BrClNO4S/c1-4-27-21(26)20-15-9-19(28-12(2)25)16(22)10-17(15)24(3)18(20)11-29-14-7-5-13(23)6-8-14/h5-10H,4,11H2,1-3H3. The smallest absolute Gasteiger partial charge is 0.340 e. The summed E-state index contributed by atoms with van der Waals surface area (Å²) in [5.74, 6) is 0.0812. The molecule has 3 rings (SSSR count). The Kier molecular flexibility index (Phi) is 6.93. The third-order valence-corrected chi connectivity index (χ3v) is 6.19. The van der Waals surface area contributed by atoms with Crippen molar-refractivity contribution in [3.05, 3.63) is 57.2 Å². The van der Waals surface area contributed by atoms with E-state index in [1.807, 2.05) is 41.9 Å². The Morgan fingerprint density at radius 2 is 1.90 bits per heavy atom. The van der Waals surface area contributed by atoms with E-state index in [1.165, 1.54) is 6.92 Å². The molecule has 0 bridgehead atoms. The van der Waals surface area contributed by atoms with Gasteiger partial charge >= 0.3 is 11.9 Å². The quantitative estimate of drug-likeness (QED) is 0.238. The third kappa shape index (κ3) is 4.79. The van der Waals surface area contributed by atoms with E-state index in [4.69, 9.17) is 21.1 Å². The normalized spacial score (nSPS) is 10.9. The Morgan fingerprint density at radius 3 is 2.52 bits per heavy atom. The number of carbonyl (C=O) groups is 2. The average molecular weight is 497 g/mol. The molecule has 0 fully saturated rings. The summed E-state index contributed by atoms with van der Waals surface area (Å²) in [6.45, 7) is 3.38. The van der Waals surface area contributed by atoms with Gasteiger partial charge in [0.2, 0.25) is 0 Å². The van der Waals surface area contributed by atoms with Gasteiger partial charge in [-0.1, -0.05) is 11.6 Å². The minimum absolute atomic E-state index is 0.270. The van der Waals surface area contributed by atoms with Gasteiger partial charge in [0.25, 0.3) is 0 Å². The van der Waals surface area contributed by atoms with E-state index in [9.17, 15) is 9.59 Å². The van der Waals surface area contributed by atoms with Crippen LogP contribution in [-0.4, -0.2) is 23.1 Å². The molecule has 0 aliphatic rings. The molecular weight excluding hydrogens is 478 g/mol. The van der Waals surface area contributed by atoms with Crippen molar-refractivity contribution in [3.8, 4) is 5.75 Å².